The SMILES string of the molecule is Fc1ccc(-c2ccc(NCc3cccc(-c4nc(-c5ccccc5)cs4)c3)nn2)cc1. The first-order valence-electron chi connectivity index (χ1n) is 10.2. The van der Waals surface area contributed by atoms with Crippen molar-refractivity contribution in [3.63, 3.8) is 0 Å². The maximum Gasteiger partial charge on any atom is 0.148 e. The highest BCUT2D eigenvalue weighted by molar-refractivity contribution is 7.13. The van der Waals surface area contributed by atoms with Gasteiger partial charge in [-0.25, -0.2) is 9.37 Å². The summed E-state index contributed by atoms with van der Waals surface area (Å²) >= 11 is 1.64. The number of hydrogen-bond donors (Lipinski definition) is 1. The van der Waals surface area contributed by atoms with E-state index >= 15 is 0 Å². The molecule has 0 unspecified atom stereocenters. The van der Waals surface area contributed by atoms with Gasteiger partial charge >= 0.3 is 0 Å². The van der Waals surface area contributed by atoms with E-state index in [4.69, 9.17) is 4.98 Å². The Hall–Kier alpha value is -3.90. The van der Waals surface area contributed by atoms with Crippen LogP contribution in [0.2, 0.25) is 0 Å². The van der Waals surface area contributed by atoms with Gasteiger partial charge in [-0.05, 0) is 48.0 Å². The molecule has 0 radical (unpaired) electrons. The molecule has 0 saturated carbocycles. The van der Waals surface area contributed by atoms with Gasteiger partial charge in [0.15, 0.2) is 0 Å². The molecule has 0 amide bonds. The highest BCUT2D eigenvalue weighted by Gasteiger charge is 2.08. The molecule has 4 nitrogen and oxygen atoms in total. The number of halogens is 1. The summed E-state index contributed by atoms with van der Waals surface area (Å²) in [6, 6.07) is 28.5. The molecule has 2 aromatic heterocycles. The molecule has 3 aromatic carbocycles. The Labute approximate surface area is 189 Å². The molecule has 0 aliphatic carbocycles. The number of benzene rings is 3. The molecule has 0 aliphatic heterocycles. The molecule has 5 rings (SSSR count). The maximum absolute atomic E-state index is 13.1. The van der Waals surface area contributed by atoms with E-state index in [2.05, 4.69) is 51.2 Å². The van der Waals surface area contributed by atoms with E-state index in [-0.39, 0.29) is 5.82 Å². The number of aromatic nitrogens is 3. The van der Waals surface area contributed by atoms with Crippen LogP contribution in [0.1, 0.15) is 5.56 Å². The molecule has 6 heteroatoms. The van der Waals surface area contributed by atoms with Crippen molar-refractivity contribution >= 4 is 17.2 Å². The van der Waals surface area contributed by atoms with Gasteiger partial charge in [0.05, 0.1) is 11.4 Å². The van der Waals surface area contributed by atoms with Crippen LogP contribution in [0.25, 0.3) is 33.1 Å². The minimum absolute atomic E-state index is 0.267. The van der Waals surface area contributed by atoms with E-state index in [0.29, 0.717) is 18.1 Å². The number of nitrogens with one attached hydrogen (secondary N) is 1. The molecule has 2 heterocycles. The van der Waals surface area contributed by atoms with Crippen molar-refractivity contribution in [2.45, 2.75) is 6.54 Å². The van der Waals surface area contributed by atoms with Gasteiger partial charge in [-0.3, -0.25) is 0 Å². The van der Waals surface area contributed by atoms with Gasteiger partial charge in [-0.2, -0.15) is 0 Å². The van der Waals surface area contributed by atoms with Gasteiger partial charge in [0.25, 0.3) is 0 Å². The third kappa shape index (κ3) is 4.55. The zero-order chi connectivity index (χ0) is 21.8. The molecular formula is C26H19FN4S. The molecule has 1 N–H and O–H groups in total. The van der Waals surface area contributed by atoms with Crippen molar-refractivity contribution in [2.24, 2.45) is 0 Å². The lowest BCUT2D eigenvalue weighted by atomic mass is 10.1. The van der Waals surface area contributed by atoms with E-state index in [9.17, 15) is 4.39 Å². The highest BCUT2D eigenvalue weighted by atomic mass is 32.1. The Kier molecular flexibility index (Phi) is 5.68. The largest absolute Gasteiger partial charge is 0.365 e. The summed E-state index contributed by atoms with van der Waals surface area (Å²) in [6.07, 6.45) is 0. The lowest BCUT2D eigenvalue weighted by Gasteiger charge is -2.07. The van der Waals surface area contributed by atoms with Gasteiger partial charge in [0, 0.05) is 28.6 Å². The number of nitrogens with zero attached hydrogens (tertiary/aromatic N) is 3. The van der Waals surface area contributed by atoms with Crippen molar-refractivity contribution in [1.29, 1.82) is 0 Å². The molecular weight excluding hydrogens is 419 g/mol. The van der Waals surface area contributed by atoms with Crippen LogP contribution in [-0.4, -0.2) is 15.2 Å². The average Bonchev–Trinajstić information content (AvgIpc) is 3.35. The van der Waals surface area contributed by atoms with E-state index in [1.165, 1.54) is 12.1 Å². The van der Waals surface area contributed by atoms with Gasteiger partial charge in [0.2, 0.25) is 0 Å². The van der Waals surface area contributed by atoms with Crippen molar-refractivity contribution in [1.82, 2.24) is 15.2 Å². The molecule has 0 aliphatic rings. The first kappa shape index (κ1) is 20.0. The second kappa shape index (κ2) is 9.08. The Morgan fingerprint density at radius 3 is 2.28 bits per heavy atom. The molecule has 0 bridgehead atoms. The first-order valence-corrected chi connectivity index (χ1v) is 11.1. The van der Waals surface area contributed by atoms with Crippen LogP contribution in [-0.2, 0) is 6.54 Å². The summed E-state index contributed by atoms with van der Waals surface area (Å²) in [5, 5.41) is 14.9. The van der Waals surface area contributed by atoms with Crippen LogP contribution in [0.3, 0.4) is 0 Å². The Balaban J connectivity index is 1.27. The van der Waals surface area contributed by atoms with E-state index in [0.717, 1.165) is 33.0 Å². The van der Waals surface area contributed by atoms with Crippen LogP contribution in [0, 0.1) is 5.82 Å². The average molecular weight is 439 g/mol. The molecule has 0 atom stereocenters. The number of rotatable bonds is 6. The van der Waals surface area contributed by atoms with Crippen LogP contribution in [0.5, 0.6) is 0 Å². The Morgan fingerprint density at radius 1 is 0.719 bits per heavy atom. The Morgan fingerprint density at radius 2 is 1.50 bits per heavy atom. The fourth-order valence-corrected chi connectivity index (χ4v) is 4.18. The number of thiazole rings is 1. The molecule has 0 spiro atoms. The molecule has 0 fully saturated rings. The van der Waals surface area contributed by atoms with Gasteiger partial charge in [0.1, 0.15) is 16.6 Å². The highest BCUT2D eigenvalue weighted by Crippen LogP contribution is 2.29. The Bertz CT molecular complexity index is 1320. The van der Waals surface area contributed by atoms with Gasteiger partial charge < -0.3 is 5.32 Å². The van der Waals surface area contributed by atoms with Crippen LogP contribution >= 0.6 is 11.3 Å². The molecule has 0 saturated heterocycles. The standard InChI is InChI=1S/C26H19FN4S/c27-22-11-9-20(10-12-22)23-13-14-25(31-30-23)28-16-18-5-4-8-21(15-18)26-29-24(17-32-26)19-6-2-1-3-7-19/h1-15,17H,16H2,(H,28,31). The fourth-order valence-electron chi connectivity index (χ4n) is 3.36. The van der Waals surface area contributed by atoms with Crippen LogP contribution in [0.4, 0.5) is 10.2 Å². The van der Waals surface area contributed by atoms with Gasteiger partial charge in [-0.15, -0.1) is 21.5 Å². The van der Waals surface area contributed by atoms with Crippen molar-refractivity contribution in [3.05, 3.63) is 108 Å². The first-order chi connectivity index (χ1) is 15.7. The normalized spacial score (nSPS) is 10.8. The monoisotopic (exact) mass is 438 g/mol. The third-order valence-corrected chi connectivity index (χ3v) is 5.92. The fraction of sp³-hybridized carbons (Fsp3) is 0.0385. The topological polar surface area (TPSA) is 50.7 Å². The summed E-state index contributed by atoms with van der Waals surface area (Å²) in [6.45, 7) is 0.620. The van der Waals surface area contributed by atoms with E-state index < -0.39 is 0 Å². The van der Waals surface area contributed by atoms with Crippen molar-refractivity contribution in [3.8, 4) is 33.1 Å². The zero-order valence-electron chi connectivity index (χ0n) is 17.1. The third-order valence-electron chi connectivity index (χ3n) is 5.03. The minimum atomic E-state index is -0.267. The molecule has 32 heavy (non-hydrogen) atoms. The summed E-state index contributed by atoms with van der Waals surface area (Å²) in [5.74, 6) is 0.415. The second-order valence-corrected chi connectivity index (χ2v) is 8.13. The summed E-state index contributed by atoms with van der Waals surface area (Å²) in [4.78, 5) is 4.81. The maximum atomic E-state index is 13.1. The van der Waals surface area contributed by atoms with Crippen molar-refractivity contribution < 1.29 is 4.39 Å². The molecule has 156 valence electrons. The minimum Gasteiger partial charge on any atom is -0.365 e. The lowest BCUT2D eigenvalue weighted by Crippen LogP contribution is -2.02. The predicted molar refractivity (Wildman–Crippen MR) is 128 cm³/mol. The van der Waals surface area contributed by atoms with E-state index in [1.807, 2.05) is 36.4 Å². The van der Waals surface area contributed by atoms with Crippen LogP contribution < -0.4 is 5.32 Å². The van der Waals surface area contributed by atoms with Crippen molar-refractivity contribution in [2.75, 3.05) is 5.32 Å². The molecule has 5 aromatic rings. The summed E-state index contributed by atoms with van der Waals surface area (Å²) in [7, 11) is 0. The van der Waals surface area contributed by atoms with E-state index in [1.54, 1.807) is 23.5 Å². The smallest absolute Gasteiger partial charge is 0.148 e. The van der Waals surface area contributed by atoms with Crippen LogP contribution in [0.15, 0.2) is 96.4 Å². The second-order valence-electron chi connectivity index (χ2n) is 7.27. The quantitative estimate of drug-likeness (QED) is 0.321. The van der Waals surface area contributed by atoms with Gasteiger partial charge in [-0.1, -0.05) is 48.5 Å². The lowest BCUT2D eigenvalue weighted by molar-refractivity contribution is 0.628. The summed E-state index contributed by atoms with van der Waals surface area (Å²) in [5.41, 5.74) is 5.87. The summed E-state index contributed by atoms with van der Waals surface area (Å²) < 4.78 is 13.1. The predicted octanol–water partition coefficient (Wildman–Crippen LogP) is 6.69. The number of anilines is 1. The number of hydrogen-bond acceptors (Lipinski definition) is 5. The zero-order valence-corrected chi connectivity index (χ0v) is 17.9.